The number of nitrogens with zero attached hydrogens (tertiary/aromatic N) is 1. The van der Waals surface area contributed by atoms with Gasteiger partial charge in [0.1, 0.15) is 0 Å². The predicted molar refractivity (Wildman–Crippen MR) is 83.3 cm³/mol. The van der Waals surface area contributed by atoms with Crippen LogP contribution in [0.15, 0.2) is 23.3 Å². The molecule has 8 heteroatoms. The van der Waals surface area contributed by atoms with Gasteiger partial charge in [-0.25, -0.2) is 5.43 Å². The van der Waals surface area contributed by atoms with Crippen molar-refractivity contribution in [2.45, 2.75) is 26.8 Å². The molecule has 0 atom stereocenters. The van der Waals surface area contributed by atoms with Gasteiger partial charge in [0.2, 0.25) is 0 Å². The molecule has 0 bridgehead atoms. The Bertz CT molecular complexity index is 626. The first-order valence-electron chi connectivity index (χ1n) is 6.83. The van der Waals surface area contributed by atoms with Crippen LogP contribution < -0.4 is 20.2 Å². The Morgan fingerprint density at radius 3 is 2.43 bits per heavy atom. The van der Waals surface area contributed by atoms with E-state index >= 15 is 0 Å². The molecule has 0 aliphatic heterocycles. The second kappa shape index (κ2) is 8.52. The highest BCUT2D eigenvalue weighted by atomic mass is 16.6. The molecule has 1 aromatic carbocycles. The Balaban J connectivity index is 2.72. The van der Waals surface area contributed by atoms with Crippen molar-refractivity contribution >= 4 is 24.0 Å². The van der Waals surface area contributed by atoms with Gasteiger partial charge in [-0.1, -0.05) is 0 Å². The zero-order valence-corrected chi connectivity index (χ0v) is 13.4. The number of esters is 1. The molecule has 0 aromatic heterocycles. The highest BCUT2D eigenvalue weighted by Gasteiger charge is 2.13. The fraction of sp³-hybridized carbons (Fsp3) is 0.333. The largest absolute Gasteiger partial charge is 0.493 e. The average molecular weight is 321 g/mol. The molecule has 0 aliphatic carbocycles. The SMILES string of the molecule is COc1cc(/C=N\NC(=O)C(=O)NC(C)C)ccc1OC(C)=O. The first kappa shape index (κ1) is 18.1. The summed E-state index contributed by atoms with van der Waals surface area (Å²) < 4.78 is 10.1. The first-order valence-corrected chi connectivity index (χ1v) is 6.83. The fourth-order valence-corrected chi connectivity index (χ4v) is 1.55. The molecule has 0 radical (unpaired) electrons. The van der Waals surface area contributed by atoms with Crippen LogP contribution >= 0.6 is 0 Å². The number of amides is 2. The molecule has 23 heavy (non-hydrogen) atoms. The quantitative estimate of drug-likeness (QED) is 0.271. The molecule has 0 heterocycles. The standard InChI is InChI=1S/C15H19N3O5/c1-9(2)17-14(20)15(21)18-16-8-11-5-6-12(23-10(3)19)13(7-11)22-4/h5-9H,1-4H3,(H,17,20)(H,18,21)/b16-8-. The molecule has 0 unspecified atom stereocenters. The summed E-state index contributed by atoms with van der Waals surface area (Å²) in [5, 5.41) is 6.13. The van der Waals surface area contributed by atoms with Crippen LogP contribution in [0.4, 0.5) is 0 Å². The molecule has 124 valence electrons. The van der Waals surface area contributed by atoms with Gasteiger partial charge < -0.3 is 14.8 Å². The summed E-state index contributed by atoms with van der Waals surface area (Å²) in [7, 11) is 1.43. The molecule has 0 fully saturated rings. The van der Waals surface area contributed by atoms with E-state index in [1.807, 2.05) is 0 Å². The van der Waals surface area contributed by atoms with E-state index in [2.05, 4.69) is 15.8 Å². The summed E-state index contributed by atoms with van der Waals surface area (Å²) in [5.74, 6) is -1.47. The second-order valence-corrected chi connectivity index (χ2v) is 4.83. The maximum atomic E-state index is 11.4. The molecule has 0 saturated heterocycles. The van der Waals surface area contributed by atoms with Gasteiger partial charge in [-0.2, -0.15) is 5.10 Å². The van der Waals surface area contributed by atoms with E-state index in [1.54, 1.807) is 26.0 Å². The Morgan fingerprint density at radius 1 is 1.17 bits per heavy atom. The normalized spacial score (nSPS) is 10.5. The molecule has 0 saturated carbocycles. The van der Waals surface area contributed by atoms with Crippen molar-refractivity contribution in [3.8, 4) is 11.5 Å². The highest BCUT2D eigenvalue weighted by Crippen LogP contribution is 2.27. The van der Waals surface area contributed by atoms with Gasteiger partial charge in [-0.15, -0.1) is 0 Å². The van der Waals surface area contributed by atoms with Crippen molar-refractivity contribution in [1.82, 2.24) is 10.7 Å². The van der Waals surface area contributed by atoms with Gasteiger partial charge in [0.25, 0.3) is 0 Å². The van der Waals surface area contributed by atoms with Crippen LogP contribution in [0.3, 0.4) is 0 Å². The summed E-state index contributed by atoms with van der Waals surface area (Å²) in [6, 6.07) is 4.58. The number of carbonyl (C=O) groups excluding carboxylic acids is 3. The van der Waals surface area contributed by atoms with Crippen LogP contribution in [0.5, 0.6) is 11.5 Å². The lowest BCUT2D eigenvalue weighted by Gasteiger charge is -2.08. The van der Waals surface area contributed by atoms with Gasteiger partial charge >= 0.3 is 17.8 Å². The average Bonchev–Trinajstić information content (AvgIpc) is 2.47. The molecule has 2 amide bonds. The third-order valence-electron chi connectivity index (χ3n) is 2.45. The number of ether oxygens (including phenoxy) is 2. The lowest BCUT2D eigenvalue weighted by molar-refractivity contribution is -0.139. The Morgan fingerprint density at radius 2 is 1.87 bits per heavy atom. The molecule has 1 rings (SSSR count). The molecule has 1 aromatic rings. The molecular formula is C15H19N3O5. The second-order valence-electron chi connectivity index (χ2n) is 4.83. The molecule has 2 N–H and O–H groups in total. The summed E-state index contributed by atoms with van der Waals surface area (Å²) in [5.41, 5.74) is 2.70. The maximum absolute atomic E-state index is 11.4. The van der Waals surface area contributed by atoms with Crippen molar-refractivity contribution < 1.29 is 23.9 Å². The van der Waals surface area contributed by atoms with E-state index in [0.29, 0.717) is 11.3 Å². The zero-order chi connectivity index (χ0) is 17.4. The molecular weight excluding hydrogens is 302 g/mol. The third-order valence-corrected chi connectivity index (χ3v) is 2.45. The van der Waals surface area contributed by atoms with Gasteiger partial charge in [-0.3, -0.25) is 14.4 Å². The van der Waals surface area contributed by atoms with E-state index in [9.17, 15) is 14.4 Å². The Hall–Kier alpha value is -2.90. The van der Waals surface area contributed by atoms with Crippen LogP contribution in [-0.2, 0) is 14.4 Å². The van der Waals surface area contributed by atoms with Crippen molar-refractivity contribution in [2.24, 2.45) is 5.10 Å². The third kappa shape index (κ3) is 6.16. The summed E-state index contributed by atoms with van der Waals surface area (Å²) >= 11 is 0. The van der Waals surface area contributed by atoms with Crippen LogP contribution in [0.2, 0.25) is 0 Å². The number of nitrogens with one attached hydrogen (secondary N) is 2. The van der Waals surface area contributed by atoms with E-state index in [4.69, 9.17) is 9.47 Å². The maximum Gasteiger partial charge on any atom is 0.329 e. The number of hydrazone groups is 1. The number of benzene rings is 1. The minimum absolute atomic E-state index is 0.143. The highest BCUT2D eigenvalue weighted by molar-refractivity contribution is 6.35. The topological polar surface area (TPSA) is 106 Å². The number of methoxy groups -OCH3 is 1. The summed E-state index contributed by atoms with van der Waals surface area (Å²) in [6.07, 6.45) is 1.33. The zero-order valence-electron chi connectivity index (χ0n) is 13.4. The minimum Gasteiger partial charge on any atom is -0.493 e. The summed E-state index contributed by atoms with van der Waals surface area (Å²) in [4.78, 5) is 33.8. The van der Waals surface area contributed by atoms with Crippen molar-refractivity contribution in [1.29, 1.82) is 0 Å². The van der Waals surface area contributed by atoms with Crippen LogP contribution in [-0.4, -0.2) is 37.1 Å². The molecule has 8 nitrogen and oxygen atoms in total. The van der Waals surface area contributed by atoms with E-state index in [0.717, 1.165) is 0 Å². The lowest BCUT2D eigenvalue weighted by Crippen LogP contribution is -2.41. The first-order chi connectivity index (χ1) is 10.8. The number of hydrogen-bond donors (Lipinski definition) is 2. The smallest absolute Gasteiger partial charge is 0.329 e. The van der Waals surface area contributed by atoms with Crippen LogP contribution in [0.1, 0.15) is 26.3 Å². The lowest BCUT2D eigenvalue weighted by atomic mass is 10.2. The molecule has 0 spiro atoms. The van der Waals surface area contributed by atoms with Crippen molar-refractivity contribution in [3.63, 3.8) is 0 Å². The van der Waals surface area contributed by atoms with E-state index in [-0.39, 0.29) is 11.8 Å². The van der Waals surface area contributed by atoms with Gasteiger partial charge in [0.15, 0.2) is 11.5 Å². The van der Waals surface area contributed by atoms with Crippen LogP contribution in [0.25, 0.3) is 0 Å². The number of carbonyl (C=O) groups is 3. The van der Waals surface area contributed by atoms with E-state index in [1.165, 1.54) is 26.3 Å². The number of hydrogen-bond acceptors (Lipinski definition) is 6. The minimum atomic E-state index is -0.863. The van der Waals surface area contributed by atoms with Gasteiger partial charge in [0, 0.05) is 13.0 Å². The predicted octanol–water partition coefficient (Wildman–Crippen LogP) is 0.595. The van der Waals surface area contributed by atoms with Crippen molar-refractivity contribution in [3.05, 3.63) is 23.8 Å². The van der Waals surface area contributed by atoms with Crippen LogP contribution in [0, 0.1) is 0 Å². The summed E-state index contributed by atoms with van der Waals surface area (Å²) in [6.45, 7) is 4.77. The van der Waals surface area contributed by atoms with E-state index < -0.39 is 17.8 Å². The van der Waals surface area contributed by atoms with Gasteiger partial charge in [0.05, 0.1) is 13.3 Å². The fourth-order valence-electron chi connectivity index (χ4n) is 1.55. The van der Waals surface area contributed by atoms with Crippen molar-refractivity contribution in [2.75, 3.05) is 7.11 Å². The molecule has 0 aliphatic rings. The Kier molecular flexibility index (Phi) is 6.72. The monoisotopic (exact) mass is 321 g/mol. The van der Waals surface area contributed by atoms with Gasteiger partial charge in [-0.05, 0) is 37.6 Å². The number of rotatable bonds is 5. The Labute approximate surface area is 133 Å².